The van der Waals surface area contributed by atoms with E-state index in [2.05, 4.69) is 0 Å². The van der Waals surface area contributed by atoms with Gasteiger partial charge in [-0.1, -0.05) is 91.7 Å². The zero-order valence-corrected chi connectivity index (χ0v) is 31.8. The fraction of sp³-hybridized carbons (Fsp3) is 0.349. The molecule has 2 aliphatic rings. The first-order valence-electron chi connectivity index (χ1n) is 18.9. The number of amides is 2. The zero-order valence-electron chi connectivity index (χ0n) is 31.0. The molecule has 1 aromatic heterocycles. The van der Waals surface area contributed by atoms with Crippen molar-refractivity contribution < 1.29 is 47.5 Å². The van der Waals surface area contributed by atoms with Crippen LogP contribution in [0.1, 0.15) is 70.6 Å². The molecule has 3 N–H and O–H groups in total. The summed E-state index contributed by atoms with van der Waals surface area (Å²) in [5, 5.41) is 35.1. The minimum Gasteiger partial charge on any atom is -0.387 e. The van der Waals surface area contributed by atoms with Crippen LogP contribution in [0.2, 0.25) is 0 Å². The van der Waals surface area contributed by atoms with Gasteiger partial charge < -0.3 is 29.5 Å². The maximum absolute atomic E-state index is 13.8. The molecule has 0 spiro atoms. The Kier molecular flexibility index (Phi) is 12.1. The van der Waals surface area contributed by atoms with Crippen molar-refractivity contribution in [3.8, 4) is 0 Å². The van der Waals surface area contributed by atoms with E-state index in [0.29, 0.717) is 59.8 Å². The van der Waals surface area contributed by atoms with E-state index in [1.54, 1.807) is 73.7 Å². The third kappa shape index (κ3) is 7.94. The first kappa shape index (κ1) is 39.5. The van der Waals surface area contributed by atoms with Gasteiger partial charge in [-0.2, -0.15) is 0 Å². The zero-order chi connectivity index (χ0) is 39.4. The molecule has 4 aromatic carbocycles. The summed E-state index contributed by atoms with van der Waals surface area (Å²) in [5.74, 6) is -0.569. The molecule has 12 nitrogen and oxygen atoms in total. The summed E-state index contributed by atoms with van der Waals surface area (Å²) < 4.78 is 47.5. The number of aliphatic hydroxyl groups excluding tert-OH is 3. The fourth-order valence-corrected chi connectivity index (χ4v) is 8.98. The van der Waals surface area contributed by atoms with E-state index >= 15 is 0 Å². The average Bonchev–Trinajstić information content (AvgIpc) is 3.73. The number of para-hydroxylation sites is 1. The number of hydrogen-bond donors (Lipinski definition) is 3. The van der Waals surface area contributed by atoms with Crippen LogP contribution in [0.5, 0.6) is 0 Å². The highest BCUT2D eigenvalue weighted by atomic mass is 32.2. The Labute approximate surface area is 325 Å². The number of carbonyl (C=O) groups is 2. The Balaban J connectivity index is 1.03. The monoisotopic (exact) mass is 782 g/mol. The summed E-state index contributed by atoms with van der Waals surface area (Å²) in [6, 6.07) is 31.2. The maximum atomic E-state index is 13.8. The number of carbonyl (C=O) groups excluding carboxylic acids is 2. The van der Waals surface area contributed by atoms with Gasteiger partial charge >= 0.3 is 0 Å². The molecule has 7 atom stereocenters. The second-order valence-electron chi connectivity index (χ2n) is 14.2. The molecule has 2 amide bonds. The number of aromatic nitrogens is 1. The van der Waals surface area contributed by atoms with Crippen LogP contribution < -0.4 is 0 Å². The van der Waals surface area contributed by atoms with E-state index in [0.717, 1.165) is 5.56 Å². The predicted molar refractivity (Wildman–Crippen MR) is 207 cm³/mol. The van der Waals surface area contributed by atoms with Gasteiger partial charge in [0.2, 0.25) is 0 Å². The van der Waals surface area contributed by atoms with Crippen LogP contribution in [0, 0.1) is 0 Å². The molecule has 1 saturated carbocycles. The van der Waals surface area contributed by atoms with E-state index in [4.69, 9.17) is 14.2 Å². The minimum absolute atomic E-state index is 0.0666. The van der Waals surface area contributed by atoms with Crippen molar-refractivity contribution in [2.24, 2.45) is 0 Å². The molecule has 0 bridgehead atoms. The number of hydrogen-bond acceptors (Lipinski definition) is 10. The lowest BCUT2D eigenvalue weighted by molar-refractivity contribution is -0.265. The van der Waals surface area contributed by atoms with Gasteiger partial charge in [0.15, 0.2) is 0 Å². The smallest absolute Gasteiger partial charge is 0.268 e. The topological polar surface area (TPSA) is 165 Å². The number of unbranched alkanes of at least 4 members (excludes halogenated alkanes) is 3. The van der Waals surface area contributed by atoms with Crippen LogP contribution in [-0.4, -0.2) is 94.2 Å². The normalized spacial score (nSPS) is 23.1. The van der Waals surface area contributed by atoms with Crippen LogP contribution in [0.3, 0.4) is 0 Å². The summed E-state index contributed by atoms with van der Waals surface area (Å²) in [6.45, 7) is 2.26. The molecular formula is C43H46N2O10S. The van der Waals surface area contributed by atoms with Crippen molar-refractivity contribution >= 4 is 32.7 Å². The van der Waals surface area contributed by atoms with Crippen LogP contribution >= 0.6 is 0 Å². The Morgan fingerprint density at radius 2 is 1.25 bits per heavy atom. The molecule has 2 heterocycles. The molecule has 13 heteroatoms. The van der Waals surface area contributed by atoms with Crippen molar-refractivity contribution in [2.45, 2.75) is 86.8 Å². The SMILES string of the molecule is CC(OC1C(O)C(OCCCCCCN2C(=O)c3ccccc3C2=O)C(O)C(O)C1OCc1ccccc1)c1cn(S(=O)(=O)c2ccccc2)c2ccccc12. The Morgan fingerprint density at radius 1 is 0.661 bits per heavy atom. The van der Waals surface area contributed by atoms with Gasteiger partial charge in [0.05, 0.1) is 34.2 Å². The van der Waals surface area contributed by atoms with Gasteiger partial charge in [0.1, 0.15) is 36.6 Å². The van der Waals surface area contributed by atoms with E-state index in [1.165, 1.54) is 27.2 Å². The van der Waals surface area contributed by atoms with Crippen LogP contribution in [0.15, 0.2) is 120 Å². The molecule has 1 aliphatic carbocycles. The van der Waals surface area contributed by atoms with Gasteiger partial charge in [0.25, 0.3) is 21.8 Å². The van der Waals surface area contributed by atoms with Gasteiger partial charge in [-0.05, 0) is 55.7 Å². The Hall–Kier alpha value is -4.73. The first-order valence-corrected chi connectivity index (χ1v) is 20.3. The van der Waals surface area contributed by atoms with Crippen LogP contribution in [0.4, 0.5) is 0 Å². The lowest BCUT2D eigenvalue weighted by atomic mass is 9.84. The van der Waals surface area contributed by atoms with E-state index in [-0.39, 0.29) is 29.9 Å². The number of benzene rings is 4. The number of imide groups is 1. The second-order valence-corrected chi connectivity index (χ2v) is 16.1. The van der Waals surface area contributed by atoms with Crippen molar-refractivity contribution in [3.05, 3.63) is 138 Å². The van der Waals surface area contributed by atoms with E-state index in [1.807, 2.05) is 30.3 Å². The first-order chi connectivity index (χ1) is 27.1. The molecule has 56 heavy (non-hydrogen) atoms. The number of ether oxygens (including phenoxy) is 3. The largest absolute Gasteiger partial charge is 0.387 e. The molecule has 5 aromatic rings. The molecule has 7 unspecified atom stereocenters. The lowest BCUT2D eigenvalue weighted by Crippen LogP contribution is -2.65. The highest BCUT2D eigenvalue weighted by Crippen LogP contribution is 2.36. The lowest BCUT2D eigenvalue weighted by Gasteiger charge is -2.46. The van der Waals surface area contributed by atoms with Gasteiger partial charge in [-0.15, -0.1) is 0 Å². The molecule has 0 radical (unpaired) electrons. The molecule has 294 valence electrons. The van der Waals surface area contributed by atoms with Crippen LogP contribution in [0.25, 0.3) is 10.9 Å². The number of nitrogens with zero attached hydrogens (tertiary/aromatic N) is 2. The van der Waals surface area contributed by atoms with Gasteiger partial charge in [-0.25, -0.2) is 12.4 Å². The van der Waals surface area contributed by atoms with E-state index in [9.17, 15) is 33.3 Å². The standard InChI is InChI=1S/C43H46N2O10S/c1-28(34-26-45(35-23-13-12-20-31(34)35)56(51,52)30-18-8-5-9-19-30)55-41-38(48)39(36(46)37(47)40(41)54-27-29-16-6-4-7-17-29)53-25-15-3-2-14-24-44-42(49)32-21-10-11-22-33(32)43(44)50/h4-13,16-23,26,28,36-41,46-48H,2-3,14-15,24-25,27H2,1H3. The van der Waals surface area contributed by atoms with Crippen molar-refractivity contribution in [1.82, 2.24) is 8.87 Å². The number of aliphatic hydroxyl groups is 3. The van der Waals surface area contributed by atoms with Gasteiger partial charge in [0, 0.05) is 30.3 Å². The maximum Gasteiger partial charge on any atom is 0.268 e. The second kappa shape index (κ2) is 17.2. The third-order valence-corrected chi connectivity index (χ3v) is 12.3. The fourth-order valence-electron chi connectivity index (χ4n) is 7.58. The summed E-state index contributed by atoms with van der Waals surface area (Å²) in [6.07, 6.45) is -4.76. The van der Waals surface area contributed by atoms with Crippen molar-refractivity contribution in [2.75, 3.05) is 13.2 Å². The molecular weight excluding hydrogens is 737 g/mol. The summed E-state index contributed by atoms with van der Waals surface area (Å²) in [5.41, 5.74) is 2.64. The number of rotatable bonds is 16. The Morgan fingerprint density at radius 3 is 1.95 bits per heavy atom. The summed E-state index contributed by atoms with van der Waals surface area (Å²) >= 11 is 0. The minimum atomic E-state index is -3.97. The molecule has 0 saturated heterocycles. The van der Waals surface area contributed by atoms with Gasteiger partial charge in [-0.3, -0.25) is 14.5 Å². The highest BCUT2D eigenvalue weighted by Gasteiger charge is 2.52. The van der Waals surface area contributed by atoms with Crippen molar-refractivity contribution in [1.29, 1.82) is 0 Å². The molecule has 1 fully saturated rings. The average molecular weight is 783 g/mol. The third-order valence-electron chi connectivity index (χ3n) is 10.6. The Bertz CT molecular complexity index is 2210. The van der Waals surface area contributed by atoms with Crippen LogP contribution in [-0.2, 0) is 30.8 Å². The molecule has 7 rings (SSSR count). The van der Waals surface area contributed by atoms with E-state index < -0.39 is 52.8 Å². The highest BCUT2D eigenvalue weighted by molar-refractivity contribution is 7.90. The number of fused-ring (bicyclic) bond motifs is 2. The van der Waals surface area contributed by atoms with Crippen molar-refractivity contribution in [3.63, 3.8) is 0 Å². The predicted octanol–water partition coefficient (Wildman–Crippen LogP) is 5.25. The summed E-state index contributed by atoms with van der Waals surface area (Å²) in [4.78, 5) is 26.7. The molecule has 1 aliphatic heterocycles. The quantitative estimate of drug-likeness (QED) is 0.0890. The summed E-state index contributed by atoms with van der Waals surface area (Å²) in [7, 11) is -3.97.